The molecule has 0 aromatic carbocycles. The van der Waals surface area contributed by atoms with Gasteiger partial charge in [0.05, 0.1) is 4.88 Å². The molecule has 0 unspecified atom stereocenters. The molecular weight excluding hydrogens is 192 g/mol. The van der Waals surface area contributed by atoms with Crippen LogP contribution in [0.5, 0.6) is 0 Å². The summed E-state index contributed by atoms with van der Waals surface area (Å²) in [7, 11) is 0. The third-order valence-electron chi connectivity index (χ3n) is 2.72. The first kappa shape index (κ1) is 9.66. The lowest BCUT2D eigenvalue weighted by atomic mass is 10.1. The molecule has 0 amide bonds. The van der Waals surface area contributed by atoms with Gasteiger partial charge in [-0.3, -0.25) is 4.79 Å². The van der Waals surface area contributed by atoms with E-state index in [0.717, 1.165) is 29.7 Å². The molecule has 1 nitrogen and oxygen atoms in total. The van der Waals surface area contributed by atoms with E-state index in [2.05, 4.69) is 19.9 Å². The molecule has 1 heterocycles. The summed E-state index contributed by atoms with van der Waals surface area (Å²) >= 11 is 1.62. The summed E-state index contributed by atoms with van der Waals surface area (Å²) in [6.45, 7) is 4.13. The maximum absolute atomic E-state index is 12.0. The van der Waals surface area contributed by atoms with Gasteiger partial charge in [-0.15, -0.1) is 11.3 Å². The van der Waals surface area contributed by atoms with Crippen molar-refractivity contribution >= 4 is 17.1 Å². The molecule has 0 N–H and O–H groups in total. The number of allylic oxidation sites excluding steroid dienone is 2. The molecule has 2 heteroatoms. The largest absolute Gasteiger partial charge is 0.288 e. The zero-order valence-corrected chi connectivity index (χ0v) is 9.41. The fourth-order valence-corrected chi connectivity index (χ4v) is 2.73. The van der Waals surface area contributed by atoms with Crippen molar-refractivity contribution in [1.29, 1.82) is 0 Å². The molecule has 74 valence electrons. The molecule has 0 radical (unpaired) electrons. The van der Waals surface area contributed by atoms with Crippen molar-refractivity contribution in [2.45, 2.75) is 33.1 Å². The normalized spacial score (nSPS) is 15.7. The fraction of sp³-hybridized carbons (Fsp3) is 0.417. The second-order valence-corrected chi connectivity index (χ2v) is 5.06. The Bertz CT molecular complexity index is 379. The van der Waals surface area contributed by atoms with Crippen LogP contribution in [0.2, 0.25) is 0 Å². The van der Waals surface area contributed by atoms with Crippen molar-refractivity contribution in [2.75, 3.05) is 0 Å². The lowest BCUT2D eigenvalue weighted by molar-refractivity contribution is 0.103. The Labute approximate surface area is 88.5 Å². The highest BCUT2D eigenvalue weighted by Gasteiger charge is 2.17. The molecule has 1 aromatic rings. The van der Waals surface area contributed by atoms with E-state index in [0.29, 0.717) is 0 Å². The summed E-state index contributed by atoms with van der Waals surface area (Å²) < 4.78 is 0. The predicted molar refractivity (Wildman–Crippen MR) is 60.1 cm³/mol. The summed E-state index contributed by atoms with van der Waals surface area (Å²) in [5, 5.41) is 0. The number of hydrogen-bond acceptors (Lipinski definition) is 2. The van der Waals surface area contributed by atoms with Crippen molar-refractivity contribution in [3.05, 3.63) is 33.0 Å². The van der Waals surface area contributed by atoms with Crippen LogP contribution in [0.3, 0.4) is 0 Å². The van der Waals surface area contributed by atoms with Gasteiger partial charge in [0.15, 0.2) is 5.78 Å². The van der Waals surface area contributed by atoms with E-state index < -0.39 is 0 Å². The van der Waals surface area contributed by atoms with Gasteiger partial charge >= 0.3 is 0 Å². The summed E-state index contributed by atoms with van der Waals surface area (Å²) in [5.74, 6) is 0.253. The minimum absolute atomic E-state index is 0.253. The first-order chi connectivity index (χ1) is 6.68. The molecule has 0 spiro atoms. The third-order valence-corrected chi connectivity index (χ3v) is 3.87. The maximum Gasteiger partial charge on any atom is 0.198 e. The molecule has 0 atom stereocenters. The van der Waals surface area contributed by atoms with Crippen molar-refractivity contribution in [2.24, 2.45) is 0 Å². The van der Waals surface area contributed by atoms with Crippen LogP contribution in [0.25, 0.3) is 0 Å². The number of aryl methyl sites for hydroxylation is 2. The lowest BCUT2D eigenvalue weighted by Gasteiger charge is -1.96. The molecule has 0 bridgehead atoms. The molecule has 0 aliphatic heterocycles. The van der Waals surface area contributed by atoms with Crippen LogP contribution in [0.1, 0.15) is 39.4 Å². The SMILES string of the molecule is Cc1cc(C(=O)C2=CCCC2)sc1C. The van der Waals surface area contributed by atoms with Crippen LogP contribution < -0.4 is 0 Å². The fourth-order valence-electron chi connectivity index (χ4n) is 1.72. The first-order valence-corrected chi connectivity index (χ1v) is 5.81. The van der Waals surface area contributed by atoms with Gasteiger partial charge in [-0.25, -0.2) is 0 Å². The standard InChI is InChI=1S/C12H14OS/c1-8-7-11(14-9(8)2)12(13)10-5-3-4-6-10/h5,7H,3-4,6H2,1-2H3. The average Bonchev–Trinajstić information content (AvgIpc) is 2.76. The third kappa shape index (κ3) is 1.67. The summed E-state index contributed by atoms with van der Waals surface area (Å²) in [4.78, 5) is 14.1. The number of hydrogen-bond donors (Lipinski definition) is 0. The Hall–Kier alpha value is -0.890. The van der Waals surface area contributed by atoms with Crippen LogP contribution in [-0.4, -0.2) is 5.78 Å². The van der Waals surface area contributed by atoms with Crippen molar-refractivity contribution in [1.82, 2.24) is 0 Å². The highest BCUT2D eigenvalue weighted by molar-refractivity contribution is 7.14. The van der Waals surface area contributed by atoms with Gasteiger partial charge in [0.25, 0.3) is 0 Å². The highest BCUT2D eigenvalue weighted by Crippen LogP contribution is 2.27. The zero-order valence-electron chi connectivity index (χ0n) is 8.59. The number of Topliss-reactive ketones (excluding diaryl/α,β-unsaturated/α-hetero) is 1. The van der Waals surface area contributed by atoms with Gasteiger partial charge in [0, 0.05) is 4.88 Å². The lowest BCUT2D eigenvalue weighted by Crippen LogP contribution is -1.98. The predicted octanol–water partition coefficient (Wildman–Crippen LogP) is 3.66. The summed E-state index contributed by atoms with van der Waals surface area (Å²) in [6, 6.07) is 2.02. The van der Waals surface area contributed by atoms with Crippen LogP contribution >= 0.6 is 11.3 Å². The molecule has 0 saturated heterocycles. The Balaban J connectivity index is 2.26. The van der Waals surface area contributed by atoms with Gasteiger partial charge in [0.1, 0.15) is 0 Å². The van der Waals surface area contributed by atoms with Crippen LogP contribution in [0.4, 0.5) is 0 Å². The Kier molecular flexibility index (Phi) is 2.55. The number of ketones is 1. The van der Waals surface area contributed by atoms with Gasteiger partial charge < -0.3 is 0 Å². The molecule has 0 saturated carbocycles. The molecule has 1 aliphatic rings. The van der Waals surface area contributed by atoms with E-state index in [1.165, 1.54) is 10.4 Å². The number of thiophene rings is 1. The molecule has 1 aromatic heterocycles. The van der Waals surface area contributed by atoms with Crippen molar-refractivity contribution in [3.63, 3.8) is 0 Å². The Morgan fingerprint density at radius 1 is 1.43 bits per heavy atom. The van der Waals surface area contributed by atoms with E-state index in [4.69, 9.17) is 0 Å². The van der Waals surface area contributed by atoms with Crippen molar-refractivity contribution in [3.8, 4) is 0 Å². The zero-order chi connectivity index (χ0) is 10.1. The quantitative estimate of drug-likeness (QED) is 0.675. The van der Waals surface area contributed by atoms with Crippen molar-refractivity contribution < 1.29 is 4.79 Å². The molecule has 0 fully saturated rings. The number of carbonyl (C=O) groups excluding carboxylic acids is 1. The molecule has 1 aliphatic carbocycles. The van der Waals surface area contributed by atoms with Gasteiger partial charge in [0.2, 0.25) is 0 Å². The Morgan fingerprint density at radius 3 is 2.71 bits per heavy atom. The van der Waals surface area contributed by atoms with Gasteiger partial charge in [-0.2, -0.15) is 0 Å². The number of carbonyl (C=O) groups is 1. The van der Waals surface area contributed by atoms with E-state index in [-0.39, 0.29) is 5.78 Å². The second-order valence-electron chi connectivity index (χ2n) is 3.80. The molecule has 2 rings (SSSR count). The maximum atomic E-state index is 12.0. The minimum Gasteiger partial charge on any atom is -0.288 e. The molecular formula is C12H14OS. The summed E-state index contributed by atoms with van der Waals surface area (Å²) in [6.07, 6.45) is 5.27. The van der Waals surface area contributed by atoms with E-state index >= 15 is 0 Å². The van der Waals surface area contributed by atoms with E-state index in [1.54, 1.807) is 11.3 Å². The summed E-state index contributed by atoms with van der Waals surface area (Å²) in [5.41, 5.74) is 2.25. The van der Waals surface area contributed by atoms with Crippen LogP contribution in [-0.2, 0) is 0 Å². The number of rotatable bonds is 2. The molecule has 14 heavy (non-hydrogen) atoms. The second kappa shape index (κ2) is 3.70. The van der Waals surface area contributed by atoms with Crippen LogP contribution in [0, 0.1) is 13.8 Å². The van der Waals surface area contributed by atoms with Crippen LogP contribution in [0.15, 0.2) is 17.7 Å². The first-order valence-electron chi connectivity index (χ1n) is 4.99. The van der Waals surface area contributed by atoms with E-state index in [1.807, 2.05) is 6.07 Å². The van der Waals surface area contributed by atoms with E-state index in [9.17, 15) is 4.79 Å². The minimum atomic E-state index is 0.253. The Morgan fingerprint density at radius 2 is 2.21 bits per heavy atom. The van der Waals surface area contributed by atoms with Gasteiger partial charge in [-0.05, 0) is 50.3 Å². The smallest absolute Gasteiger partial charge is 0.198 e. The topological polar surface area (TPSA) is 17.1 Å². The van der Waals surface area contributed by atoms with Gasteiger partial charge in [-0.1, -0.05) is 6.08 Å². The highest BCUT2D eigenvalue weighted by atomic mass is 32.1. The monoisotopic (exact) mass is 206 g/mol. The average molecular weight is 206 g/mol.